The Morgan fingerprint density at radius 2 is 1.63 bits per heavy atom. The predicted octanol–water partition coefficient (Wildman–Crippen LogP) is 2.82. The Bertz CT molecular complexity index is 684. The molecule has 1 aromatic carbocycles. The first-order chi connectivity index (χ1) is 12.7. The highest BCUT2D eigenvalue weighted by Crippen LogP contribution is 2.25. The lowest BCUT2D eigenvalue weighted by Gasteiger charge is -2.31. The Morgan fingerprint density at radius 1 is 1.07 bits per heavy atom. The monoisotopic (exact) mass is 489 g/mol. The second-order valence-electron chi connectivity index (χ2n) is 6.36. The number of carbonyl (C=O) groups is 3. The van der Waals surface area contributed by atoms with Crippen LogP contribution in [0.15, 0.2) is 12.1 Å². The third-order valence-electron chi connectivity index (χ3n) is 4.15. The van der Waals surface area contributed by atoms with Crippen LogP contribution in [0.3, 0.4) is 0 Å². The number of amides is 1. The van der Waals surface area contributed by atoms with Gasteiger partial charge in [0.05, 0.1) is 13.2 Å². The molecule has 6 nitrogen and oxygen atoms in total. The zero-order valence-corrected chi connectivity index (χ0v) is 18.8. The third kappa shape index (κ3) is 5.92. The maximum absolute atomic E-state index is 12.8. The summed E-state index contributed by atoms with van der Waals surface area (Å²) in [6.45, 7) is 8.71. The van der Waals surface area contributed by atoms with Crippen LogP contribution in [0.4, 0.5) is 0 Å². The summed E-state index contributed by atoms with van der Waals surface area (Å²) in [7, 11) is 0. The molecule has 0 aromatic heterocycles. The molecule has 0 unspecified atom stereocenters. The van der Waals surface area contributed by atoms with Crippen molar-refractivity contribution in [2.75, 3.05) is 17.6 Å². The molecule has 0 radical (unpaired) electrons. The van der Waals surface area contributed by atoms with Crippen LogP contribution < -0.4 is 5.32 Å². The molecule has 0 fully saturated rings. The van der Waals surface area contributed by atoms with Crippen molar-refractivity contribution in [2.45, 2.75) is 53.0 Å². The zero-order valence-electron chi connectivity index (χ0n) is 16.6. The Labute approximate surface area is 174 Å². The molecule has 0 aliphatic rings. The molecule has 0 saturated heterocycles. The minimum Gasteiger partial charge on any atom is -0.464 e. The van der Waals surface area contributed by atoms with E-state index in [0.29, 0.717) is 0 Å². The number of halogens is 1. The molecular weight excluding hydrogens is 461 g/mol. The van der Waals surface area contributed by atoms with Crippen LogP contribution in [0.25, 0.3) is 0 Å². The largest absolute Gasteiger partial charge is 0.464 e. The first kappa shape index (κ1) is 23.4. The van der Waals surface area contributed by atoms with Crippen LogP contribution in [0.2, 0.25) is 0 Å². The van der Waals surface area contributed by atoms with Gasteiger partial charge in [-0.05, 0) is 50.8 Å². The van der Waals surface area contributed by atoms with Gasteiger partial charge in [-0.1, -0.05) is 40.3 Å². The molecule has 0 aliphatic heterocycles. The average molecular weight is 489 g/mol. The number of ether oxygens (including phenoxy) is 2. The van der Waals surface area contributed by atoms with E-state index < -0.39 is 23.4 Å². The molecule has 1 N–H and O–H groups in total. The molecule has 7 heteroatoms. The quantitative estimate of drug-likeness (QED) is 0.250. The Balaban J connectivity index is 3.57. The first-order valence-electron chi connectivity index (χ1n) is 8.99. The van der Waals surface area contributed by atoms with Crippen molar-refractivity contribution in [3.8, 4) is 0 Å². The lowest BCUT2D eigenvalue weighted by atomic mass is 9.85. The number of esters is 2. The van der Waals surface area contributed by atoms with Gasteiger partial charge in [-0.25, -0.2) is 9.59 Å². The molecule has 0 heterocycles. The van der Waals surface area contributed by atoms with E-state index in [-0.39, 0.29) is 19.6 Å². The van der Waals surface area contributed by atoms with Gasteiger partial charge in [0, 0.05) is 17.8 Å². The smallest absolute Gasteiger partial charge is 0.344 e. The van der Waals surface area contributed by atoms with Gasteiger partial charge in [0.25, 0.3) is 0 Å². The Hall–Kier alpha value is -1.64. The van der Waals surface area contributed by atoms with Gasteiger partial charge in [-0.2, -0.15) is 0 Å². The standard InChI is InChI=1S/C20H28INO5/c1-6-26-18(24)20(22-15(5)23,19(25)27-7-2)12-16-11-13(3)10-14(4)17(16)8-9-21/h10-11H,6-9,12H2,1-5H3,(H,22,23). The summed E-state index contributed by atoms with van der Waals surface area (Å²) in [4.78, 5) is 37.5. The van der Waals surface area contributed by atoms with Crippen LogP contribution in [-0.2, 0) is 36.7 Å². The lowest BCUT2D eigenvalue weighted by Crippen LogP contribution is -2.62. The summed E-state index contributed by atoms with van der Waals surface area (Å²) in [5.41, 5.74) is 2.10. The molecule has 27 heavy (non-hydrogen) atoms. The van der Waals surface area contributed by atoms with E-state index in [4.69, 9.17) is 9.47 Å². The van der Waals surface area contributed by atoms with E-state index in [1.54, 1.807) is 13.8 Å². The molecule has 0 aliphatic carbocycles. The number of alkyl halides is 1. The number of rotatable bonds is 9. The van der Waals surface area contributed by atoms with Crippen molar-refractivity contribution in [2.24, 2.45) is 0 Å². The minimum atomic E-state index is -1.90. The maximum atomic E-state index is 12.8. The van der Waals surface area contributed by atoms with Crippen LogP contribution in [-0.4, -0.2) is 41.0 Å². The lowest BCUT2D eigenvalue weighted by molar-refractivity contribution is -0.168. The summed E-state index contributed by atoms with van der Waals surface area (Å²) < 4.78 is 11.2. The van der Waals surface area contributed by atoms with E-state index in [9.17, 15) is 14.4 Å². The van der Waals surface area contributed by atoms with E-state index in [1.807, 2.05) is 19.9 Å². The molecule has 1 amide bonds. The van der Waals surface area contributed by atoms with Crippen molar-refractivity contribution in [1.82, 2.24) is 5.32 Å². The average Bonchev–Trinajstić information content (AvgIpc) is 2.57. The molecule has 1 rings (SSSR count). The van der Waals surface area contributed by atoms with Gasteiger partial charge in [0.1, 0.15) is 0 Å². The highest BCUT2D eigenvalue weighted by molar-refractivity contribution is 14.1. The maximum Gasteiger partial charge on any atom is 0.344 e. The van der Waals surface area contributed by atoms with Gasteiger partial charge < -0.3 is 14.8 Å². The minimum absolute atomic E-state index is 0.0151. The molecule has 1 aromatic rings. The van der Waals surface area contributed by atoms with Gasteiger partial charge in [-0.15, -0.1) is 0 Å². The van der Waals surface area contributed by atoms with Crippen molar-refractivity contribution in [3.63, 3.8) is 0 Å². The number of aryl methyl sites for hydroxylation is 2. The zero-order chi connectivity index (χ0) is 20.6. The molecular formula is C20H28INO5. The summed E-state index contributed by atoms with van der Waals surface area (Å²) in [6.07, 6.45) is 0.780. The van der Waals surface area contributed by atoms with Crippen molar-refractivity contribution in [3.05, 3.63) is 34.4 Å². The first-order valence-corrected chi connectivity index (χ1v) is 10.5. The number of carbonyl (C=O) groups excluding carboxylic acids is 3. The summed E-state index contributed by atoms with van der Waals surface area (Å²) >= 11 is 2.29. The van der Waals surface area contributed by atoms with E-state index in [0.717, 1.165) is 33.1 Å². The molecule has 150 valence electrons. The Kier molecular flexibility index (Phi) is 9.21. The van der Waals surface area contributed by atoms with Crippen LogP contribution in [0.1, 0.15) is 43.0 Å². The fraction of sp³-hybridized carbons (Fsp3) is 0.550. The second-order valence-corrected chi connectivity index (χ2v) is 7.44. The number of benzene rings is 1. The Morgan fingerprint density at radius 3 is 2.07 bits per heavy atom. The topological polar surface area (TPSA) is 81.7 Å². The van der Waals surface area contributed by atoms with E-state index in [1.165, 1.54) is 6.92 Å². The summed E-state index contributed by atoms with van der Waals surface area (Å²) in [5, 5.41) is 2.53. The highest BCUT2D eigenvalue weighted by Gasteiger charge is 2.50. The van der Waals surface area contributed by atoms with E-state index in [2.05, 4.69) is 34.0 Å². The molecule has 0 saturated carbocycles. The second kappa shape index (κ2) is 10.6. The van der Waals surface area contributed by atoms with Gasteiger partial charge >= 0.3 is 11.9 Å². The van der Waals surface area contributed by atoms with Crippen molar-refractivity contribution in [1.29, 1.82) is 0 Å². The third-order valence-corrected chi connectivity index (χ3v) is 4.69. The fourth-order valence-electron chi connectivity index (χ4n) is 3.16. The number of hydrogen-bond donors (Lipinski definition) is 1. The SMILES string of the molecule is CCOC(=O)C(Cc1cc(C)cc(C)c1CCI)(NC(C)=O)C(=O)OCC. The summed E-state index contributed by atoms with van der Waals surface area (Å²) in [5.74, 6) is -2.12. The fourth-order valence-corrected chi connectivity index (χ4v) is 3.70. The van der Waals surface area contributed by atoms with Crippen molar-refractivity contribution < 1.29 is 23.9 Å². The van der Waals surface area contributed by atoms with Gasteiger partial charge in [0.2, 0.25) is 11.4 Å². The van der Waals surface area contributed by atoms with E-state index >= 15 is 0 Å². The normalized spacial score (nSPS) is 11.0. The van der Waals surface area contributed by atoms with Gasteiger partial charge in [-0.3, -0.25) is 4.79 Å². The van der Waals surface area contributed by atoms with Gasteiger partial charge in [0.15, 0.2) is 0 Å². The van der Waals surface area contributed by atoms with Crippen LogP contribution >= 0.6 is 22.6 Å². The van der Waals surface area contributed by atoms with Crippen LogP contribution in [0.5, 0.6) is 0 Å². The highest BCUT2D eigenvalue weighted by atomic mass is 127. The number of hydrogen-bond acceptors (Lipinski definition) is 5. The molecule has 0 atom stereocenters. The van der Waals surface area contributed by atoms with Crippen molar-refractivity contribution >= 4 is 40.4 Å². The predicted molar refractivity (Wildman–Crippen MR) is 112 cm³/mol. The summed E-state index contributed by atoms with van der Waals surface area (Å²) in [6, 6.07) is 4.02. The number of nitrogens with one attached hydrogen (secondary N) is 1. The molecule has 0 spiro atoms. The van der Waals surface area contributed by atoms with Crippen LogP contribution in [0, 0.1) is 13.8 Å². The molecule has 0 bridgehead atoms.